The van der Waals surface area contributed by atoms with Crippen molar-refractivity contribution in [2.45, 2.75) is 12.8 Å². The van der Waals surface area contributed by atoms with Gasteiger partial charge in [0.25, 0.3) is 10.2 Å². The molecule has 0 atom stereocenters. The highest BCUT2D eigenvalue weighted by molar-refractivity contribution is 7.90. The summed E-state index contributed by atoms with van der Waals surface area (Å²) >= 11 is 0. The van der Waals surface area contributed by atoms with E-state index in [1.54, 1.807) is 18.2 Å². The molecule has 5 N–H and O–H groups in total. The smallest absolute Gasteiger partial charge is 0.296 e. The molecular weight excluding hydrogens is 280 g/mol. The van der Waals surface area contributed by atoms with E-state index in [1.807, 2.05) is 0 Å². The van der Waals surface area contributed by atoms with Crippen LogP contribution in [0, 0.1) is 5.92 Å². The molecule has 0 aliphatic heterocycles. The standard InChI is InChI=1S/C12H18N4O3S/c13-20(18,19)16-11-3-1-2-10(6-11)15-12(17)8-14-7-9-4-5-9/h1-3,6,9,14,16H,4-5,7-8H2,(H,15,17)(H2,13,18,19). The molecule has 2 rings (SSSR count). The van der Waals surface area contributed by atoms with Crippen molar-refractivity contribution in [3.8, 4) is 0 Å². The highest BCUT2D eigenvalue weighted by Crippen LogP contribution is 2.27. The summed E-state index contributed by atoms with van der Waals surface area (Å²) in [6, 6.07) is 6.35. The second-order valence-electron chi connectivity index (χ2n) is 4.85. The van der Waals surface area contributed by atoms with Gasteiger partial charge in [0.05, 0.1) is 12.2 Å². The van der Waals surface area contributed by atoms with Crippen LogP contribution in [-0.2, 0) is 15.0 Å². The first-order valence-electron chi connectivity index (χ1n) is 6.33. The number of rotatable bonds is 7. The summed E-state index contributed by atoms with van der Waals surface area (Å²) in [5, 5.41) is 10.6. The van der Waals surface area contributed by atoms with Gasteiger partial charge in [0.1, 0.15) is 0 Å². The number of hydrogen-bond donors (Lipinski definition) is 4. The van der Waals surface area contributed by atoms with Crippen molar-refractivity contribution in [2.75, 3.05) is 23.1 Å². The molecule has 20 heavy (non-hydrogen) atoms. The van der Waals surface area contributed by atoms with E-state index in [0.29, 0.717) is 17.3 Å². The van der Waals surface area contributed by atoms with Gasteiger partial charge < -0.3 is 10.6 Å². The van der Waals surface area contributed by atoms with E-state index >= 15 is 0 Å². The molecule has 1 aliphatic carbocycles. The lowest BCUT2D eigenvalue weighted by Gasteiger charge is -2.08. The van der Waals surface area contributed by atoms with Gasteiger partial charge in [0, 0.05) is 5.69 Å². The molecule has 7 nitrogen and oxygen atoms in total. The molecule has 0 aromatic heterocycles. The maximum atomic E-state index is 11.7. The van der Waals surface area contributed by atoms with E-state index in [0.717, 1.165) is 6.54 Å². The molecule has 1 aliphatic rings. The van der Waals surface area contributed by atoms with Gasteiger partial charge in [-0.15, -0.1) is 0 Å². The zero-order chi connectivity index (χ0) is 14.6. The molecule has 110 valence electrons. The topological polar surface area (TPSA) is 113 Å². The second-order valence-corrected chi connectivity index (χ2v) is 6.14. The van der Waals surface area contributed by atoms with Gasteiger partial charge in [0.2, 0.25) is 5.91 Å². The largest absolute Gasteiger partial charge is 0.325 e. The van der Waals surface area contributed by atoms with Crippen LogP contribution in [0.25, 0.3) is 0 Å². The van der Waals surface area contributed by atoms with Gasteiger partial charge in [-0.1, -0.05) is 6.07 Å². The first-order valence-corrected chi connectivity index (χ1v) is 7.88. The first kappa shape index (κ1) is 14.8. The Morgan fingerprint density at radius 2 is 2.00 bits per heavy atom. The van der Waals surface area contributed by atoms with Gasteiger partial charge in [-0.3, -0.25) is 9.52 Å². The lowest BCUT2D eigenvalue weighted by molar-refractivity contribution is -0.115. The molecule has 1 aromatic carbocycles. The van der Waals surface area contributed by atoms with Crippen LogP contribution in [0.5, 0.6) is 0 Å². The third kappa shape index (κ3) is 5.55. The minimum absolute atomic E-state index is 0.168. The van der Waals surface area contributed by atoms with Crippen LogP contribution >= 0.6 is 0 Å². The molecule has 0 heterocycles. The van der Waals surface area contributed by atoms with Crippen molar-refractivity contribution in [3.63, 3.8) is 0 Å². The van der Waals surface area contributed by atoms with Gasteiger partial charge in [-0.25, -0.2) is 5.14 Å². The van der Waals surface area contributed by atoms with Crippen molar-refractivity contribution >= 4 is 27.5 Å². The van der Waals surface area contributed by atoms with Crippen LogP contribution in [0.15, 0.2) is 24.3 Å². The van der Waals surface area contributed by atoms with Crippen molar-refractivity contribution in [2.24, 2.45) is 11.1 Å². The second kappa shape index (κ2) is 6.21. The molecule has 0 bridgehead atoms. The summed E-state index contributed by atoms with van der Waals surface area (Å²) in [6.45, 7) is 1.10. The van der Waals surface area contributed by atoms with E-state index in [9.17, 15) is 13.2 Å². The van der Waals surface area contributed by atoms with Crippen LogP contribution in [0.4, 0.5) is 11.4 Å². The number of hydrogen-bond acceptors (Lipinski definition) is 4. The van der Waals surface area contributed by atoms with E-state index in [2.05, 4.69) is 15.4 Å². The fourth-order valence-electron chi connectivity index (χ4n) is 1.74. The highest BCUT2D eigenvalue weighted by atomic mass is 32.2. The van der Waals surface area contributed by atoms with Crippen LogP contribution in [0.3, 0.4) is 0 Å². The number of carbonyl (C=O) groups is 1. The lowest BCUT2D eigenvalue weighted by atomic mass is 10.3. The quantitative estimate of drug-likeness (QED) is 0.577. The predicted molar refractivity (Wildman–Crippen MR) is 77.4 cm³/mol. The fourth-order valence-corrected chi connectivity index (χ4v) is 2.20. The predicted octanol–water partition coefficient (Wildman–Crippen LogP) is 0.240. The molecule has 1 saturated carbocycles. The molecule has 0 radical (unpaired) electrons. The molecule has 0 saturated heterocycles. The SMILES string of the molecule is NS(=O)(=O)Nc1cccc(NC(=O)CNCC2CC2)c1. The number of carbonyl (C=O) groups excluding carboxylic acids is 1. The van der Waals surface area contributed by atoms with Gasteiger partial charge in [0.15, 0.2) is 0 Å². The number of nitrogens with two attached hydrogens (primary N) is 1. The summed E-state index contributed by atoms with van der Waals surface area (Å²) < 4.78 is 24.0. The maximum absolute atomic E-state index is 11.7. The Labute approximate surface area is 118 Å². The normalized spacial score (nSPS) is 14.8. The molecule has 1 aromatic rings. The van der Waals surface area contributed by atoms with Gasteiger partial charge in [-0.2, -0.15) is 8.42 Å². The Hall–Kier alpha value is -1.64. The maximum Gasteiger partial charge on any atom is 0.296 e. The zero-order valence-corrected chi connectivity index (χ0v) is 11.7. The zero-order valence-electron chi connectivity index (χ0n) is 10.9. The summed E-state index contributed by atoms with van der Waals surface area (Å²) in [7, 11) is -3.81. The Morgan fingerprint density at radius 3 is 2.65 bits per heavy atom. The Bertz CT molecular complexity index is 584. The van der Waals surface area contributed by atoms with E-state index in [-0.39, 0.29) is 12.5 Å². The number of amides is 1. The van der Waals surface area contributed by atoms with Crippen LogP contribution in [0.1, 0.15) is 12.8 Å². The summed E-state index contributed by atoms with van der Waals surface area (Å²) in [6.07, 6.45) is 2.46. The van der Waals surface area contributed by atoms with Crippen LogP contribution < -0.4 is 20.5 Å². The average Bonchev–Trinajstić information content (AvgIpc) is 3.11. The molecule has 1 fully saturated rings. The Kier molecular flexibility index (Phi) is 4.58. The van der Waals surface area contributed by atoms with Crippen LogP contribution in [-0.4, -0.2) is 27.4 Å². The Morgan fingerprint density at radius 1 is 1.30 bits per heavy atom. The summed E-state index contributed by atoms with van der Waals surface area (Å²) in [5.74, 6) is 0.545. The molecular formula is C12H18N4O3S. The van der Waals surface area contributed by atoms with Crippen molar-refractivity contribution in [3.05, 3.63) is 24.3 Å². The third-order valence-corrected chi connectivity index (χ3v) is 3.34. The third-order valence-electron chi connectivity index (χ3n) is 2.82. The monoisotopic (exact) mass is 298 g/mol. The molecule has 1 amide bonds. The lowest BCUT2D eigenvalue weighted by Crippen LogP contribution is -2.29. The Balaban J connectivity index is 1.84. The highest BCUT2D eigenvalue weighted by Gasteiger charge is 2.20. The number of anilines is 2. The van der Waals surface area contributed by atoms with Crippen molar-refractivity contribution < 1.29 is 13.2 Å². The summed E-state index contributed by atoms with van der Waals surface area (Å²) in [5.41, 5.74) is 0.813. The number of nitrogens with one attached hydrogen (secondary N) is 3. The minimum Gasteiger partial charge on any atom is -0.325 e. The number of benzene rings is 1. The van der Waals surface area contributed by atoms with E-state index in [4.69, 9.17) is 5.14 Å². The van der Waals surface area contributed by atoms with Gasteiger partial charge in [-0.05, 0) is 43.5 Å². The van der Waals surface area contributed by atoms with E-state index < -0.39 is 10.2 Å². The van der Waals surface area contributed by atoms with Crippen molar-refractivity contribution in [1.82, 2.24) is 5.32 Å². The molecule has 0 unspecified atom stereocenters. The minimum atomic E-state index is -3.81. The summed E-state index contributed by atoms with van der Waals surface area (Å²) in [4.78, 5) is 11.7. The average molecular weight is 298 g/mol. The first-order chi connectivity index (χ1) is 9.42. The van der Waals surface area contributed by atoms with Crippen LogP contribution in [0.2, 0.25) is 0 Å². The fraction of sp³-hybridized carbons (Fsp3) is 0.417. The van der Waals surface area contributed by atoms with Gasteiger partial charge >= 0.3 is 0 Å². The molecule has 8 heteroatoms. The van der Waals surface area contributed by atoms with Crippen molar-refractivity contribution in [1.29, 1.82) is 0 Å². The molecule has 0 spiro atoms. The van der Waals surface area contributed by atoms with E-state index in [1.165, 1.54) is 18.9 Å².